The lowest BCUT2D eigenvalue weighted by Gasteiger charge is -2.13. The second-order valence-corrected chi connectivity index (χ2v) is 4.87. The van der Waals surface area contributed by atoms with E-state index in [2.05, 4.69) is 4.98 Å². The van der Waals surface area contributed by atoms with Crippen molar-refractivity contribution in [2.24, 2.45) is 0 Å². The van der Waals surface area contributed by atoms with Gasteiger partial charge in [0.25, 0.3) is 0 Å². The summed E-state index contributed by atoms with van der Waals surface area (Å²) in [6.45, 7) is 2.49. The number of methoxy groups -OCH3 is 1. The van der Waals surface area contributed by atoms with Crippen molar-refractivity contribution < 1.29 is 13.9 Å². The Balaban J connectivity index is 2.16. The Morgan fingerprint density at radius 1 is 1.61 bits per heavy atom. The van der Waals surface area contributed by atoms with Crippen LogP contribution in [-0.4, -0.2) is 25.1 Å². The second-order valence-electron chi connectivity index (χ2n) is 3.89. The Labute approximate surface area is 109 Å². The molecule has 6 heteroatoms. The summed E-state index contributed by atoms with van der Waals surface area (Å²) in [7, 11) is 3.29. The van der Waals surface area contributed by atoms with Gasteiger partial charge in [0, 0.05) is 19.2 Å². The van der Waals surface area contributed by atoms with Crippen LogP contribution in [-0.2, 0) is 11.3 Å². The summed E-state index contributed by atoms with van der Waals surface area (Å²) in [5, 5.41) is 0.786. The average molecular weight is 266 g/mol. The molecular formula is C12H14N2O3S. The summed E-state index contributed by atoms with van der Waals surface area (Å²) < 4.78 is 9.73. The fraction of sp³-hybridized carbons (Fsp3) is 0.333. The molecule has 2 heterocycles. The zero-order chi connectivity index (χ0) is 13.1. The molecule has 2 aromatic heterocycles. The maximum atomic E-state index is 11.5. The van der Waals surface area contributed by atoms with E-state index in [0.717, 1.165) is 10.7 Å². The normalized spacial score (nSPS) is 10.4. The van der Waals surface area contributed by atoms with Gasteiger partial charge < -0.3 is 14.1 Å². The first kappa shape index (κ1) is 12.6. The summed E-state index contributed by atoms with van der Waals surface area (Å²) in [5.74, 6) is -0.340. The minimum Gasteiger partial charge on any atom is -0.472 e. The zero-order valence-corrected chi connectivity index (χ0v) is 11.3. The number of carbonyl (C=O) groups is 1. The van der Waals surface area contributed by atoms with Crippen LogP contribution in [0.4, 0.5) is 5.13 Å². The molecule has 0 aliphatic carbocycles. The van der Waals surface area contributed by atoms with Gasteiger partial charge in [0.1, 0.15) is 4.88 Å². The van der Waals surface area contributed by atoms with Crippen LogP contribution < -0.4 is 4.90 Å². The van der Waals surface area contributed by atoms with E-state index in [0.29, 0.717) is 17.1 Å². The first-order valence-electron chi connectivity index (χ1n) is 5.39. The maximum Gasteiger partial charge on any atom is 0.350 e. The van der Waals surface area contributed by atoms with Gasteiger partial charge in [-0.3, -0.25) is 0 Å². The van der Waals surface area contributed by atoms with E-state index in [9.17, 15) is 4.79 Å². The van der Waals surface area contributed by atoms with Gasteiger partial charge in [-0.1, -0.05) is 11.3 Å². The van der Waals surface area contributed by atoms with Crippen molar-refractivity contribution in [3.63, 3.8) is 0 Å². The van der Waals surface area contributed by atoms with E-state index in [1.807, 2.05) is 18.0 Å². The predicted molar refractivity (Wildman–Crippen MR) is 69.0 cm³/mol. The van der Waals surface area contributed by atoms with Crippen molar-refractivity contribution >= 4 is 22.4 Å². The molecule has 0 spiro atoms. The van der Waals surface area contributed by atoms with Crippen LogP contribution in [0.2, 0.25) is 0 Å². The first-order chi connectivity index (χ1) is 8.61. The number of hydrogen-bond acceptors (Lipinski definition) is 6. The zero-order valence-electron chi connectivity index (χ0n) is 10.5. The van der Waals surface area contributed by atoms with E-state index in [-0.39, 0.29) is 5.97 Å². The van der Waals surface area contributed by atoms with Crippen molar-refractivity contribution in [1.29, 1.82) is 0 Å². The van der Waals surface area contributed by atoms with Crippen LogP contribution in [0.25, 0.3) is 0 Å². The lowest BCUT2D eigenvalue weighted by molar-refractivity contribution is 0.0605. The lowest BCUT2D eigenvalue weighted by atomic mass is 10.3. The highest BCUT2D eigenvalue weighted by atomic mass is 32.1. The van der Waals surface area contributed by atoms with Crippen LogP contribution in [0.1, 0.15) is 20.9 Å². The third-order valence-corrected chi connectivity index (χ3v) is 3.73. The molecule has 2 aromatic rings. The number of furan rings is 1. The molecule has 0 unspecified atom stereocenters. The van der Waals surface area contributed by atoms with Crippen LogP contribution in [0.15, 0.2) is 23.0 Å². The molecule has 0 bridgehead atoms. The summed E-state index contributed by atoms with van der Waals surface area (Å²) >= 11 is 1.33. The van der Waals surface area contributed by atoms with Crippen LogP contribution in [0.3, 0.4) is 0 Å². The molecule has 18 heavy (non-hydrogen) atoms. The van der Waals surface area contributed by atoms with Crippen molar-refractivity contribution in [3.8, 4) is 0 Å². The van der Waals surface area contributed by atoms with Gasteiger partial charge in [-0.15, -0.1) is 0 Å². The van der Waals surface area contributed by atoms with Gasteiger partial charge in [0.2, 0.25) is 0 Å². The molecule has 5 nitrogen and oxygen atoms in total. The monoisotopic (exact) mass is 266 g/mol. The molecule has 0 amide bonds. The van der Waals surface area contributed by atoms with Gasteiger partial charge in [-0.25, -0.2) is 9.78 Å². The third-order valence-electron chi connectivity index (χ3n) is 2.48. The highest BCUT2D eigenvalue weighted by molar-refractivity contribution is 7.17. The molecular weight excluding hydrogens is 252 g/mol. The molecule has 0 aromatic carbocycles. The van der Waals surface area contributed by atoms with Crippen LogP contribution in [0.5, 0.6) is 0 Å². The molecule has 0 radical (unpaired) electrons. The van der Waals surface area contributed by atoms with E-state index in [1.165, 1.54) is 18.4 Å². The molecule has 96 valence electrons. The number of aryl methyl sites for hydroxylation is 1. The molecule has 0 saturated carbocycles. The minimum absolute atomic E-state index is 0.340. The van der Waals surface area contributed by atoms with E-state index < -0.39 is 0 Å². The van der Waals surface area contributed by atoms with Crippen molar-refractivity contribution in [2.45, 2.75) is 13.5 Å². The van der Waals surface area contributed by atoms with E-state index in [1.54, 1.807) is 19.5 Å². The van der Waals surface area contributed by atoms with Gasteiger partial charge in [0.15, 0.2) is 5.13 Å². The number of thiazole rings is 1. The smallest absolute Gasteiger partial charge is 0.350 e. The van der Waals surface area contributed by atoms with Gasteiger partial charge in [-0.2, -0.15) is 0 Å². The fourth-order valence-electron chi connectivity index (χ4n) is 1.55. The number of rotatable bonds is 4. The van der Waals surface area contributed by atoms with E-state index >= 15 is 0 Å². The topological polar surface area (TPSA) is 55.6 Å². The summed E-state index contributed by atoms with van der Waals surface area (Å²) in [6.07, 6.45) is 3.33. The number of anilines is 1. The van der Waals surface area contributed by atoms with Gasteiger partial charge >= 0.3 is 5.97 Å². The van der Waals surface area contributed by atoms with Crippen molar-refractivity contribution in [1.82, 2.24) is 4.98 Å². The molecule has 0 N–H and O–H groups in total. The Hall–Kier alpha value is -1.82. The number of ether oxygens (including phenoxy) is 1. The van der Waals surface area contributed by atoms with Crippen LogP contribution in [0, 0.1) is 6.92 Å². The number of esters is 1. The molecule has 2 rings (SSSR count). The highest BCUT2D eigenvalue weighted by Gasteiger charge is 2.17. The standard InChI is InChI=1S/C12H14N2O3S/c1-8-10(11(15)16-3)18-12(13-8)14(2)6-9-4-5-17-7-9/h4-5,7H,6H2,1-3H3. The lowest BCUT2D eigenvalue weighted by Crippen LogP contribution is -2.15. The van der Waals surface area contributed by atoms with E-state index in [4.69, 9.17) is 9.15 Å². The Bertz CT molecular complexity index is 534. The maximum absolute atomic E-state index is 11.5. The Morgan fingerprint density at radius 2 is 2.39 bits per heavy atom. The summed E-state index contributed by atoms with van der Waals surface area (Å²) in [6, 6.07) is 1.90. The molecule has 0 fully saturated rings. The second kappa shape index (κ2) is 5.22. The number of nitrogens with zero attached hydrogens (tertiary/aromatic N) is 2. The van der Waals surface area contributed by atoms with Crippen molar-refractivity contribution in [2.75, 3.05) is 19.1 Å². The average Bonchev–Trinajstić information content (AvgIpc) is 2.97. The molecule has 0 aliphatic rings. The number of aromatic nitrogens is 1. The number of hydrogen-bond donors (Lipinski definition) is 0. The quantitative estimate of drug-likeness (QED) is 0.796. The molecule has 0 saturated heterocycles. The number of carbonyl (C=O) groups excluding carboxylic acids is 1. The predicted octanol–water partition coefficient (Wildman–Crippen LogP) is 2.47. The highest BCUT2D eigenvalue weighted by Crippen LogP contribution is 2.26. The minimum atomic E-state index is -0.340. The third kappa shape index (κ3) is 2.53. The molecule has 0 atom stereocenters. The summed E-state index contributed by atoms with van der Waals surface area (Å²) in [5.41, 5.74) is 1.76. The first-order valence-corrected chi connectivity index (χ1v) is 6.21. The Kier molecular flexibility index (Phi) is 3.66. The largest absolute Gasteiger partial charge is 0.472 e. The SMILES string of the molecule is COC(=O)c1sc(N(C)Cc2ccoc2)nc1C. The fourth-order valence-corrected chi connectivity index (χ4v) is 2.50. The van der Waals surface area contributed by atoms with Gasteiger partial charge in [0.05, 0.1) is 25.3 Å². The van der Waals surface area contributed by atoms with Crippen molar-refractivity contribution in [3.05, 3.63) is 34.7 Å². The summed E-state index contributed by atoms with van der Waals surface area (Å²) in [4.78, 5) is 18.4. The van der Waals surface area contributed by atoms with Gasteiger partial charge in [-0.05, 0) is 13.0 Å². The molecule has 0 aliphatic heterocycles. The van der Waals surface area contributed by atoms with Crippen LogP contribution >= 0.6 is 11.3 Å². The Morgan fingerprint density at radius 3 is 3.00 bits per heavy atom.